The quantitative estimate of drug-likeness (QED) is 0.626. The Labute approximate surface area is 176 Å². The van der Waals surface area contributed by atoms with Gasteiger partial charge in [-0.25, -0.2) is 17.4 Å². The van der Waals surface area contributed by atoms with Crippen molar-refractivity contribution in [2.45, 2.75) is 11.3 Å². The molecule has 2 aromatic carbocycles. The van der Waals surface area contributed by atoms with E-state index >= 15 is 0 Å². The van der Waals surface area contributed by atoms with Gasteiger partial charge in [0.15, 0.2) is 0 Å². The predicted molar refractivity (Wildman–Crippen MR) is 118 cm³/mol. The molecule has 0 saturated heterocycles. The molecule has 0 spiro atoms. The topological polar surface area (TPSA) is 87.5 Å². The van der Waals surface area contributed by atoms with E-state index < -0.39 is 10.0 Å². The molecular formula is C21H25N5O3S. The van der Waals surface area contributed by atoms with Crippen molar-refractivity contribution in [3.8, 4) is 5.69 Å². The smallest absolute Gasteiger partial charge is 0.242 e. The van der Waals surface area contributed by atoms with Crippen LogP contribution in [0.3, 0.4) is 0 Å². The average Bonchev–Trinajstić information content (AvgIpc) is 3.23. The molecule has 3 rings (SSSR count). The van der Waals surface area contributed by atoms with E-state index in [0.717, 1.165) is 21.2 Å². The molecule has 3 aromatic rings. The van der Waals surface area contributed by atoms with Crippen molar-refractivity contribution >= 4 is 27.3 Å². The Morgan fingerprint density at radius 1 is 1.07 bits per heavy atom. The second-order valence-corrected chi connectivity index (χ2v) is 9.35. The largest absolute Gasteiger partial charge is 0.376 e. The molecule has 8 nitrogen and oxygen atoms in total. The van der Waals surface area contributed by atoms with Crippen LogP contribution in [-0.2, 0) is 21.2 Å². The number of sulfonamides is 1. The van der Waals surface area contributed by atoms with Crippen LogP contribution in [0.4, 0.5) is 11.4 Å². The van der Waals surface area contributed by atoms with Gasteiger partial charge in [0.1, 0.15) is 0 Å². The number of nitrogens with zero attached hydrogens (tertiary/aromatic N) is 4. The van der Waals surface area contributed by atoms with Gasteiger partial charge in [-0.15, -0.1) is 0 Å². The molecule has 30 heavy (non-hydrogen) atoms. The summed E-state index contributed by atoms with van der Waals surface area (Å²) in [5.74, 6) is -0.232. The highest BCUT2D eigenvalue weighted by atomic mass is 32.2. The summed E-state index contributed by atoms with van der Waals surface area (Å²) in [5, 5.41) is 7.03. The summed E-state index contributed by atoms with van der Waals surface area (Å²) in [5.41, 5.74) is 2.91. The van der Waals surface area contributed by atoms with E-state index in [2.05, 4.69) is 10.4 Å². The lowest BCUT2D eigenvalue weighted by atomic mass is 10.1. The van der Waals surface area contributed by atoms with E-state index in [0.29, 0.717) is 5.69 Å². The first kappa shape index (κ1) is 21.5. The van der Waals surface area contributed by atoms with Gasteiger partial charge >= 0.3 is 0 Å². The molecule has 1 N–H and O–H groups in total. The molecule has 0 aliphatic carbocycles. The maximum Gasteiger partial charge on any atom is 0.242 e. The molecule has 0 aliphatic rings. The van der Waals surface area contributed by atoms with E-state index in [1.807, 2.05) is 55.5 Å². The summed E-state index contributed by atoms with van der Waals surface area (Å²) in [7, 11) is 3.00. The summed E-state index contributed by atoms with van der Waals surface area (Å²) in [6.45, 7) is 0. The van der Waals surface area contributed by atoms with E-state index in [1.165, 1.54) is 26.2 Å². The van der Waals surface area contributed by atoms with Gasteiger partial charge in [-0.1, -0.05) is 12.1 Å². The predicted octanol–water partition coefficient (Wildman–Crippen LogP) is 2.37. The van der Waals surface area contributed by atoms with Crippen LogP contribution in [0.5, 0.6) is 0 Å². The molecule has 0 saturated carbocycles. The van der Waals surface area contributed by atoms with E-state index in [1.54, 1.807) is 16.9 Å². The van der Waals surface area contributed by atoms with Crippen LogP contribution < -0.4 is 10.2 Å². The highest BCUT2D eigenvalue weighted by Crippen LogP contribution is 2.28. The van der Waals surface area contributed by atoms with E-state index in [4.69, 9.17) is 0 Å². The van der Waals surface area contributed by atoms with Crippen LogP contribution in [0.25, 0.3) is 5.69 Å². The van der Waals surface area contributed by atoms with E-state index in [9.17, 15) is 13.2 Å². The van der Waals surface area contributed by atoms with Crippen molar-refractivity contribution in [1.29, 1.82) is 0 Å². The van der Waals surface area contributed by atoms with Gasteiger partial charge in [0.25, 0.3) is 0 Å². The van der Waals surface area contributed by atoms with Gasteiger partial charge in [-0.05, 0) is 42.0 Å². The molecule has 0 atom stereocenters. The minimum absolute atomic E-state index is 0.122. The summed E-state index contributed by atoms with van der Waals surface area (Å²) >= 11 is 0. The molecule has 0 unspecified atom stereocenters. The Hall–Kier alpha value is -3.17. The van der Waals surface area contributed by atoms with Crippen molar-refractivity contribution in [1.82, 2.24) is 14.1 Å². The first-order chi connectivity index (χ1) is 14.2. The monoisotopic (exact) mass is 427 g/mol. The Bertz CT molecular complexity index is 1120. The van der Waals surface area contributed by atoms with Gasteiger partial charge < -0.3 is 10.2 Å². The Morgan fingerprint density at radius 2 is 1.77 bits per heavy atom. The van der Waals surface area contributed by atoms with Crippen molar-refractivity contribution in [3.63, 3.8) is 0 Å². The van der Waals surface area contributed by atoms with Crippen LogP contribution in [0.2, 0.25) is 0 Å². The number of amides is 1. The van der Waals surface area contributed by atoms with Gasteiger partial charge in [-0.3, -0.25) is 4.79 Å². The minimum Gasteiger partial charge on any atom is -0.376 e. The van der Waals surface area contributed by atoms with Gasteiger partial charge in [0.2, 0.25) is 15.9 Å². The number of aromatic nitrogens is 2. The fourth-order valence-electron chi connectivity index (χ4n) is 2.94. The molecule has 9 heteroatoms. The maximum atomic E-state index is 12.7. The third kappa shape index (κ3) is 4.69. The average molecular weight is 428 g/mol. The van der Waals surface area contributed by atoms with Crippen molar-refractivity contribution in [2.75, 3.05) is 38.4 Å². The second-order valence-electron chi connectivity index (χ2n) is 7.20. The van der Waals surface area contributed by atoms with Gasteiger partial charge in [0, 0.05) is 40.6 Å². The number of carbonyl (C=O) groups is 1. The van der Waals surface area contributed by atoms with Crippen molar-refractivity contribution < 1.29 is 13.2 Å². The molecular weight excluding hydrogens is 402 g/mol. The summed E-state index contributed by atoms with van der Waals surface area (Å²) in [6.07, 6.45) is 3.71. The normalized spacial score (nSPS) is 11.5. The SMILES string of the molecule is CN(C)c1ccc(S(=O)(=O)N(C)C)cc1NC(=O)Cc1ccc(-n2cccn2)cc1. The van der Waals surface area contributed by atoms with Crippen molar-refractivity contribution in [2.24, 2.45) is 0 Å². The number of rotatable bonds is 7. The first-order valence-electron chi connectivity index (χ1n) is 9.31. The van der Waals surface area contributed by atoms with Crippen LogP contribution in [0.1, 0.15) is 5.56 Å². The molecule has 1 heterocycles. The Balaban J connectivity index is 1.79. The molecule has 0 bridgehead atoms. The number of benzene rings is 2. The maximum absolute atomic E-state index is 12.7. The van der Waals surface area contributed by atoms with Crippen molar-refractivity contribution in [3.05, 3.63) is 66.5 Å². The lowest BCUT2D eigenvalue weighted by molar-refractivity contribution is -0.115. The fourth-order valence-corrected chi connectivity index (χ4v) is 3.87. The highest BCUT2D eigenvalue weighted by Gasteiger charge is 2.20. The molecule has 158 valence electrons. The zero-order valence-corrected chi connectivity index (χ0v) is 18.2. The van der Waals surface area contributed by atoms with Crippen LogP contribution in [0, 0.1) is 0 Å². The molecule has 1 amide bonds. The minimum atomic E-state index is -3.61. The van der Waals surface area contributed by atoms with Gasteiger partial charge in [-0.2, -0.15) is 5.10 Å². The zero-order valence-electron chi connectivity index (χ0n) is 17.4. The molecule has 0 fully saturated rings. The van der Waals surface area contributed by atoms with Crippen LogP contribution >= 0.6 is 0 Å². The van der Waals surface area contributed by atoms with E-state index in [-0.39, 0.29) is 17.2 Å². The highest BCUT2D eigenvalue weighted by molar-refractivity contribution is 7.89. The number of carbonyl (C=O) groups excluding carboxylic acids is 1. The molecule has 1 aromatic heterocycles. The first-order valence-corrected chi connectivity index (χ1v) is 10.7. The molecule has 0 aliphatic heterocycles. The Kier molecular flexibility index (Phi) is 6.23. The molecule has 0 radical (unpaired) electrons. The van der Waals surface area contributed by atoms with Crippen LogP contribution in [-0.4, -0.2) is 56.6 Å². The lowest BCUT2D eigenvalue weighted by Gasteiger charge is -2.20. The number of nitrogens with one attached hydrogen (secondary N) is 1. The zero-order chi connectivity index (χ0) is 21.9. The fraction of sp³-hybridized carbons (Fsp3) is 0.238. The summed E-state index contributed by atoms with van der Waals surface area (Å²) in [4.78, 5) is 14.6. The third-order valence-electron chi connectivity index (χ3n) is 4.57. The third-order valence-corrected chi connectivity index (χ3v) is 6.38. The summed E-state index contributed by atoms with van der Waals surface area (Å²) in [6, 6.07) is 14.1. The standard InChI is InChI=1S/C21H25N5O3S/c1-24(2)20-11-10-18(30(28,29)25(3)4)15-19(20)23-21(27)14-16-6-8-17(9-7-16)26-13-5-12-22-26/h5-13,15H,14H2,1-4H3,(H,23,27). The number of hydrogen-bond donors (Lipinski definition) is 1. The lowest BCUT2D eigenvalue weighted by Crippen LogP contribution is -2.23. The Morgan fingerprint density at radius 3 is 2.33 bits per heavy atom. The number of anilines is 2. The second kappa shape index (κ2) is 8.68. The van der Waals surface area contributed by atoms with Gasteiger partial charge in [0.05, 0.1) is 28.4 Å². The number of hydrogen-bond acceptors (Lipinski definition) is 5. The van der Waals surface area contributed by atoms with Crippen LogP contribution in [0.15, 0.2) is 65.8 Å². The summed E-state index contributed by atoms with van der Waals surface area (Å²) < 4.78 is 27.8.